The molecule has 4 aromatic rings. The minimum absolute atomic E-state index is 0.371. The van der Waals surface area contributed by atoms with Crippen LogP contribution >= 0.6 is 0 Å². The fraction of sp³-hybridized carbons (Fsp3) is 0.100. The molecule has 4 heteroatoms. The molecule has 0 fully saturated rings. The van der Waals surface area contributed by atoms with Crippen LogP contribution < -0.4 is 5.32 Å². The van der Waals surface area contributed by atoms with Crippen molar-refractivity contribution in [1.29, 1.82) is 0 Å². The van der Waals surface area contributed by atoms with Gasteiger partial charge in [0.25, 0.3) is 5.91 Å². The molecule has 1 unspecified atom stereocenters. The second-order valence-corrected chi connectivity index (χ2v) is 6.01. The Morgan fingerprint density at radius 3 is 2.25 bits per heavy atom. The third kappa shape index (κ3) is 2.07. The monoisotopic (exact) mass is 317 g/mol. The van der Waals surface area contributed by atoms with Gasteiger partial charge in [0.2, 0.25) is 0 Å². The number of aliphatic carboxylic acids is 1. The maximum atomic E-state index is 12.6. The molecule has 0 bridgehead atoms. The highest BCUT2D eigenvalue weighted by molar-refractivity contribution is 6.27. The number of amides is 1. The summed E-state index contributed by atoms with van der Waals surface area (Å²) in [6, 6.07) is 16.9. The topological polar surface area (TPSA) is 66.4 Å². The van der Waals surface area contributed by atoms with Crippen LogP contribution in [0.15, 0.2) is 54.6 Å². The maximum Gasteiger partial charge on any atom is 0.325 e. The highest BCUT2D eigenvalue weighted by atomic mass is 16.4. The Bertz CT molecular complexity index is 1100. The molecular weight excluding hydrogens is 302 g/mol. The van der Waals surface area contributed by atoms with Gasteiger partial charge in [-0.1, -0.05) is 48.5 Å². The molecule has 1 atom stereocenters. The molecule has 0 aliphatic rings. The first-order chi connectivity index (χ1) is 11.6. The third-order valence-electron chi connectivity index (χ3n) is 4.47. The van der Waals surface area contributed by atoms with Crippen LogP contribution in [0.2, 0.25) is 0 Å². The van der Waals surface area contributed by atoms with E-state index in [-0.39, 0.29) is 5.91 Å². The summed E-state index contributed by atoms with van der Waals surface area (Å²) < 4.78 is 0. The maximum absolute atomic E-state index is 12.6. The minimum Gasteiger partial charge on any atom is -0.480 e. The number of hydrogen-bond acceptors (Lipinski definition) is 2. The van der Waals surface area contributed by atoms with E-state index >= 15 is 0 Å². The first-order valence-electron chi connectivity index (χ1n) is 7.76. The van der Waals surface area contributed by atoms with Gasteiger partial charge >= 0.3 is 5.97 Å². The largest absolute Gasteiger partial charge is 0.480 e. The smallest absolute Gasteiger partial charge is 0.325 e. The van der Waals surface area contributed by atoms with Gasteiger partial charge in [-0.25, -0.2) is 0 Å². The van der Waals surface area contributed by atoms with Gasteiger partial charge in [-0.05, 0) is 45.3 Å². The van der Waals surface area contributed by atoms with Crippen molar-refractivity contribution >= 4 is 44.2 Å². The summed E-state index contributed by atoms with van der Waals surface area (Å²) in [7, 11) is 0. The number of carbonyl (C=O) groups is 2. The Hall–Kier alpha value is -3.14. The molecule has 24 heavy (non-hydrogen) atoms. The van der Waals surface area contributed by atoms with Crippen molar-refractivity contribution < 1.29 is 14.7 Å². The van der Waals surface area contributed by atoms with Gasteiger partial charge < -0.3 is 10.4 Å². The minimum atomic E-state index is -1.06. The molecule has 0 aliphatic heterocycles. The van der Waals surface area contributed by atoms with Crippen molar-refractivity contribution in [1.82, 2.24) is 5.32 Å². The zero-order chi connectivity index (χ0) is 16.8. The average molecular weight is 317 g/mol. The van der Waals surface area contributed by atoms with E-state index in [0.717, 1.165) is 32.3 Å². The third-order valence-corrected chi connectivity index (χ3v) is 4.47. The molecule has 0 heterocycles. The van der Waals surface area contributed by atoms with Crippen LogP contribution in [-0.2, 0) is 4.79 Å². The van der Waals surface area contributed by atoms with E-state index in [1.54, 1.807) is 0 Å². The molecule has 0 spiro atoms. The van der Waals surface area contributed by atoms with Crippen LogP contribution in [0.5, 0.6) is 0 Å². The van der Waals surface area contributed by atoms with E-state index in [2.05, 4.69) is 17.4 Å². The molecule has 4 rings (SSSR count). The number of hydrogen-bond donors (Lipinski definition) is 2. The highest BCUT2D eigenvalue weighted by Gasteiger charge is 2.19. The zero-order valence-electron chi connectivity index (χ0n) is 13.0. The summed E-state index contributed by atoms with van der Waals surface area (Å²) in [6.45, 7) is 1.46. The van der Waals surface area contributed by atoms with Crippen LogP contribution in [0.4, 0.5) is 0 Å². The van der Waals surface area contributed by atoms with Gasteiger partial charge in [-0.2, -0.15) is 0 Å². The molecule has 118 valence electrons. The predicted molar refractivity (Wildman–Crippen MR) is 94.7 cm³/mol. The van der Waals surface area contributed by atoms with Gasteiger partial charge in [0.15, 0.2) is 0 Å². The van der Waals surface area contributed by atoms with Gasteiger partial charge in [-0.3, -0.25) is 9.59 Å². The van der Waals surface area contributed by atoms with E-state index in [1.165, 1.54) is 6.92 Å². The van der Waals surface area contributed by atoms with Crippen molar-refractivity contribution in [2.75, 3.05) is 0 Å². The lowest BCUT2D eigenvalue weighted by molar-refractivity contribution is -0.138. The SMILES string of the molecule is CC(NC(=O)c1cc2cccc3ccc4cccc1c4c32)C(=O)O. The summed E-state index contributed by atoms with van der Waals surface area (Å²) in [5.74, 6) is -1.43. The molecule has 0 radical (unpaired) electrons. The standard InChI is InChI=1S/C20H15NO3/c1-11(20(23)24)21-19(22)16-10-14-6-2-4-12-8-9-13-5-3-7-15(16)18(13)17(12)14/h2-11H,1H3,(H,21,22)(H,23,24). The van der Waals surface area contributed by atoms with Gasteiger partial charge in [0, 0.05) is 5.56 Å². The van der Waals surface area contributed by atoms with E-state index in [0.29, 0.717) is 5.56 Å². The van der Waals surface area contributed by atoms with Crippen molar-refractivity contribution in [2.45, 2.75) is 13.0 Å². The first-order valence-corrected chi connectivity index (χ1v) is 7.76. The quantitative estimate of drug-likeness (QED) is 0.565. The Labute approximate surface area is 138 Å². The van der Waals surface area contributed by atoms with E-state index in [9.17, 15) is 9.59 Å². The van der Waals surface area contributed by atoms with E-state index in [1.807, 2.05) is 42.5 Å². The van der Waals surface area contributed by atoms with Crippen molar-refractivity contribution in [3.8, 4) is 0 Å². The molecule has 0 saturated heterocycles. The number of carboxylic acid groups (broad SMARTS) is 1. The van der Waals surface area contributed by atoms with Crippen molar-refractivity contribution in [3.63, 3.8) is 0 Å². The number of nitrogens with one attached hydrogen (secondary N) is 1. The van der Waals surface area contributed by atoms with Gasteiger partial charge in [0.05, 0.1) is 0 Å². The molecule has 1 amide bonds. The summed E-state index contributed by atoms with van der Waals surface area (Å²) in [6.07, 6.45) is 0. The fourth-order valence-corrected chi connectivity index (χ4v) is 3.29. The van der Waals surface area contributed by atoms with Gasteiger partial charge in [0.1, 0.15) is 6.04 Å². The molecule has 0 aliphatic carbocycles. The van der Waals surface area contributed by atoms with Crippen LogP contribution in [0, 0.1) is 0 Å². The van der Waals surface area contributed by atoms with Crippen LogP contribution in [0.1, 0.15) is 17.3 Å². The highest BCUT2D eigenvalue weighted by Crippen LogP contribution is 2.36. The number of carboxylic acids is 1. The molecule has 0 aromatic heterocycles. The second-order valence-electron chi connectivity index (χ2n) is 6.01. The predicted octanol–water partition coefficient (Wildman–Crippen LogP) is 3.79. The molecular formula is C20H15NO3. The van der Waals surface area contributed by atoms with Crippen LogP contribution in [0.3, 0.4) is 0 Å². The average Bonchev–Trinajstić information content (AvgIpc) is 2.59. The summed E-state index contributed by atoms with van der Waals surface area (Å²) >= 11 is 0. The molecule has 4 nitrogen and oxygen atoms in total. The Kier molecular flexibility index (Phi) is 3.13. The summed E-state index contributed by atoms with van der Waals surface area (Å²) in [5, 5.41) is 17.8. The molecule has 0 saturated carbocycles. The van der Waals surface area contributed by atoms with Crippen molar-refractivity contribution in [2.24, 2.45) is 0 Å². The van der Waals surface area contributed by atoms with Crippen LogP contribution in [0.25, 0.3) is 32.3 Å². The Morgan fingerprint density at radius 1 is 0.917 bits per heavy atom. The molecule has 4 aromatic carbocycles. The lowest BCUT2D eigenvalue weighted by atomic mass is 9.91. The second kappa shape index (κ2) is 5.20. The van der Waals surface area contributed by atoms with Crippen LogP contribution in [-0.4, -0.2) is 23.0 Å². The number of benzene rings is 4. The van der Waals surface area contributed by atoms with Gasteiger partial charge in [-0.15, -0.1) is 0 Å². The number of carbonyl (C=O) groups excluding carboxylic acids is 1. The summed E-state index contributed by atoms with van der Waals surface area (Å²) in [5.41, 5.74) is 0.500. The van der Waals surface area contributed by atoms with E-state index in [4.69, 9.17) is 5.11 Å². The zero-order valence-corrected chi connectivity index (χ0v) is 13.0. The summed E-state index contributed by atoms with van der Waals surface area (Å²) in [4.78, 5) is 23.7. The van der Waals surface area contributed by atoms with E-state index < -0.39 is 12.0 Å². The Morgan fingerprint density at radius 2 is 1.54 bits per heavy atom. The lowest BCUT2D eigenvalue weighted by Gasteiger charge is -2.15. The normalized spacial score (nSPS) is 12.7. The first kappa shape index (κ1) is 14.5. The molecule has 2 N–H and O–H groups in total. The Balaban J connectivity index is 2.02. The number of rotatable bonds is 3. The van der Waals surface area contributed by atoms with Crippen molar-refractivity contribution in [3.05, 3.63) is 60.2 Å². The lowest BCUT2D eigenvalue weighted by Crippen LogP contribution is -2.38. The fourth-order valence-electron chi connectivity index (χ4n) is 3.29.